The summed E-state index contributed by atoms with van der Waals surface area (Å²) in [6, 6.07) is 0.759. The second-order valence-corrected chi connectivity index (χ2v) is 6.52. The van der Waals surface area contributed by atoms with Crippen molar-refractivity contribution >= 4 is 11.3 Å². The van der Waals surface area contributed by atoms with Gasteiger partial charge in [-0.25, -0.2) is 4.98 Å². The van der Waals surface area contributed by atoms with Gasteiger partial charge in [-0.1, -0.05) is 6.92 Å². The first-order valence-electron chi connectivity index (χ1n) is 7.25. The van der Waals surface area contributed by atoms with Gasteiger partial charge in [-0.2, -0.15) is 0 Å². The first kappa shape index (κ1) is 12.6. The van der Waals surface area contributed by atoms with Crippen molar-refractivity contribution in [2.24, 2.45) is 5.92 Å². The molecular weight excluding hydrogens is 242 g/mol. The number of likely N-dealkylation sites (tertiary alicyclic amines) is 1. The van der Waals surface area contributed by atoms with Crippen LogP contribution >= 0.6 is 11.3 Å². The summed E-state index contributed by atoms with van der Waals surface area (Å²) in [6.07, 6.45) is 5.10. The van der Waals surface area contributed by atoms with Crippen LogP contribution in [0.4, 0.5) is 0 Å². The Morgan fingerprint density at radius 3 is 3.33 bits per heavy atom. The van der Waals surface area contributed by atoms with Gasteiger partial charge in [0.15, 0.2) is 0 Å². The third-order valence-corrected chi connectivity index (χ3v) is 5.18. The maximum Gasteiger partial charge on any atom is 0.0928 e. The average Bonchev–Trinajstić information content (AvgIpc) is 2.99. The number of piperidine rings is 1. The molecule has 18 heavy (non-hydrogen) atoms. The quantitative estimate of drug-likeness (QED) is 0.905. The fourth-order valence-electron chi connectivity index (χ4n) is 3.32. The zero-order valence-corrected chi connectivity index (χ0v) is 12.0. The first-order chi connectivity index (χ1) is 8.86. The summed E-state index contributed by atoms with van der Waals surface area (Å²) in [5.41, 5.74) is 1.29. The second kappa shape index (κ2) is 5.68. The molecule has 0 saturated carbocycles. The molecule has 2 aliphatic rings. The smallest absolute Gasteiger partial charge is 0.0928 e. The third-order valence-electron chi connectivity index (χ3n) is 4.22. The molecule has 1 N–H and O–H groups in total. The molecule has 2 aliphatic heterocycles. The van der Waals surface area contributed by atoms with Crippen molar-refractivity contribution in [2.75, 3.05) is 19.6 Å². The van der Waals surface area contributed by atoms with Gasteiger partial charge in [0.25, 0.3) is 0 Å². The van der Waals surface area contributed by atoms with Gasteiger partial charge in [-0.15, -0.1) is 11.3 Å². The summed E-state index contributed by atoms with van der Waals surface area (Å²) in [7, 11) is 0. The molecule has 3 rings (SSSR count). The summed E-state index contributed by atoms with van der Waals surface area (Å²) in [5.74, 6) is 0.882. The molecular formula is C14H23N3S. The minimum atomic E-state index is 0.759. The van der Waals surface area contributed by atoms with E-state index in [2.05, 4.69) is 22.5 Å². The lowest BCUT2D eigenvalue weighted by Crippen LogP contribution is -2.44. The van der Waals surface area contributed by atoms with Crippen LogP contribution in [-0.4, -0.2) is 35.6 Å². The third kappa shape index (κ3) is 2.60. The summed E-state index contributed by atoms with van der Waals surface area (Å²) >= 11 is 1.83. The SMILES string of the molecule is CCCc1nc(CN2CCCC3CNCC32)cs1. The van der Waals surface area contributed by atoms with Gasteiger partial charge < -0.3 is 5.32 Å². The average molecular weight is 265 g/mol. The Morgan fingerprint density at radius 1 is 1.50 bits per heavy atom. The van der Waals surface area contributed by atoms with E-state index in [4.69, 9.17) is 4.98 Å². The highest BCUT2D eigenvalue weighted by Gasteiger charge is 2.34. The van der Waals surface area contributed by atoms with Gasteiger partial charge in [0, 0.05) is 24.5 Å². The number of hydrogen-bond donors (Lipinski definition) is 1. The molecule has 0 aliphatic carbocycles. The monoisotopic (exact) mass is 265 g/mol. The fraction of sp³-hybridized carbons (Fsp3) is 0.786. The van der Waals surface area contributed by atoms with Crippen molar-refractivity contribution in [3.05, 3.63) is 16.1 Å². The van der Waals surface area contributed by atoms with Gasteiger partial charge in [0.05, 0.1) is 10.7 Å². The Hall–Kier alpha value is -0.450. The Morgan fingerprint density at radius 2 is 2.44 bits per heavy atom. The molecule has 4 heteroatoms. The first-order valence-corrected chi connectivity index (χ1v) is 8.13. The summed E-state index contributed by atoms with van der Waals surface area (Å²) in [6.45, 7) is 6.93. The topological polar surface area (TPSA) is 28.2 Å². The van der Waals surface area contributed by atoms with Gasteiger partial charge in [-0.3, -0.25) is 4.90 Å². The van der Waals surface area contributed by atoms with Crippen LogP contribution in [0.3, 0.4) is 0 Å². The normalized spacial score (nSPS) is 28.5. The molecule has 0 bridgehead atoms. The second-order valence-electron chi connectivity index (χ2n) is 5.58. The van der Waals surface area contributed by atoms with Gasteiger partial charge >= 0.3 is 0 Å². The molecule has 2 atom stereocenters. The van der Waals surface area contributed by atoms with Gasteiger partial charge in [0.2, 0.25) is 0 Å². The number of aromatic nitrogens is 1. The molecule has 0 radical (unpaired) electrons. The molecule has 2 fully saturated rings. The van der Waals surface area contributed by atoms with Crippen LogP contribution in [0.25, 0.3) is 0 Å². The van der Waals surface area contributed by atoms with Crippen molar-refractivity contribution in [3.8, 4) is 0 Å². The van der Waals surface area contributed by atoms with Crippen LogP contribution in [0.1, 0.15) is 36.9 Å². The van der Waals surface area contributed by atoms with E-state index in [1.807, 2.05) is 11.3 Å². The maximum atomic E-state index is 4.76. The Balaban J connectivity index is 1.63. The number of nitrogens with one attached hydrogen (secondary N) is 1. The minimum Gasteiger partial charge on any atom is -0.315 e. The predicted molar refractivity (Wildman–Crippen MR) is 75.9 cm³/mol. The molecule has 3 heterocycles. The zero-order chi connectivity index (χ0) is 12.4. The predicted octanol–water partition coefficient (Wildman–Crippen LogP) is 2.28. The van der Waals surface area contributed by atoms with Crippen molar-refractivity contribution in [2.45, 2.75) is 45.2 Å². The zero-order valence-electron chi connectivity index (χ0n) is 11.2. The van der Waals surface area contributed by atoms with Crippen molar-refractivity contribution in [1.82, 2.24) is 15.2 Å². The molecule has 1 aromatic heterocycles. The molecule has 0 aromatic carbocycles. The van der Waals surface area contributed by atoms with Gasteiger partial charge in [0.1, 0.15) is 0 Å². The van der Waals surface area contributed by atoms with E-state index in [0.717, 1.165) is 24.9 Å². The molecule has 3 nitrogen and oxygen atoms in total. The Kier molecular flexibility index (Phi) is 3.97. The number of rotatable bonds is 4. The number of thiazole rings is 1. The van der Waals surface area contributed by atoms with E-state index in [1.54, 1.807) is 0 Å². The van der Waals surface area contributed by atoms with Crippen LogP contribution in [0, 0.1) is 5.92 Å². The largest absolute Gasteiger partial charge is 0.315 e. The Bertz CT molecular complexity index is 390. The number of hydrogen-bond acceptors (Lipinski definition) is 4. The molecule has 2 unspecified atom stereocenters. The highest BCUT2D eigenvalue weighted by Crippen LogP contribution is 2.27. The molecule has 100 valence electrons. The highest BCUT2D eigenvalue weighted by atomic mass is 32.1. The van der Waals surface area contributed by atoms with Crippen molar-refractivity contribution in [3.63, 3.8) is 0 Å². The lowest BCUT2D eigenvalue weighted by atomic mass is 9.92. The molecule has 1 aromatic rings. The van der Waals surface area contributed by atoms with E-state index in [1.165, 1.54) is 49.6 Å². The van der Waals surface area contributed by atoms with Gasteiger partial charge in [-0.05, 0) is 44.7 Å². The molecule has 0 amide bonds. The highest BCUT2D eigenvalue weighted by molar-refractivity contribution is 7.09. The number of nitrogens with zero attached hydrogens (tertiary/aromatic N) is 2. The molecule has 0 spiro atoms. The van der Waals surface area contributed by atoms with Crippen LogP contribution in [-0.2, 0) is 13.0 Å². The van der Waals surface area contributed by atoms with Crippen molar-refractivity contribution in [1.29, 1.82) is 0 Å². The lowest BCUT2D eigenvalue weighted by Gasteiger charge is -2.36. The standard InChI is InChI=1S/C14H23N3S/c1-2-4-14-16-12(10-18-14)9-17-6-3-5-11-7-15-8-13(11)17/h10-11,13,15H,2-9H2,1H3. The lowest BCUT2D eigenvalue weighted by molar-refractivity contribution is 0.116. The summed E-state index contributed by atoms with van der Waals surface area (Å²) in [5, 5.41) is 7.12. The minimum absolute atomic E-state index is 0.759. The van der Waals surface area contributed by atoms with E-state index in [-0.39, 0.29) is 0 Å². The summed E-state index contributed by atoms with van der Waals surface area (Å²) in [4.78, 5) is 7.42. The summed E-state index contributed by atoms with van der Waals surface area (Å²) < 4.78 is 0. The van der Waals surface area contributed by atoms with Crippen LogP contribution in [0.15, 0.2) is 5.38 Å². The van der Waals surface area contributed by atoms with Crippen LogP contribution in [0.2, 0.25) is 0 Å². The van der Waals surface area contributed by atoms with E-state index in [9.17, 15) is 0 Å². The number of aryl methyl sites for hydroxylation is 1. The van der Waals surface area contributed by atoms with E-state index in [0.29, 0.717) is 0 Å². The number of fused-ring (bicyclic) bond motifs is 1. The van der Waals surface area contributed by atoms with E-state index >= 15 is 0 Å². The Labute approximate surface area is 114 Å². The van der Waals surface area contributed by atoms with Crippen LogP contribution < -0.4 is 5.32 Å². The van der Waals surface area contributed by atoms with E-state index < -0.39 is 0 Å². The van der Waals surface area contributed by atoms with Crippen molar-refractivity contribution < 1.29 is 0 Å². The maximum absolute atomic E-state index is 4.76. The van der Waals surface area contributed by atoms with Crippen LogP contribution in [0.5, 0.6) is 0 Å². The molecule has 2 saturated heterocycles. The fourth-order valence-corrected chi connectivity index (χ4v) is 4.21.